The van der Waals surface area contributed by atoms with E-state index in [1.807, 2.05) is 37.5 Å². The van der Waals surface area contributed by atoms with E-state index in [1.54, 1.807) is 6.92 Å². The first-order valence-corrected chi connectivity index (χ1v) is 15.0. The van der Waals surface area contributed by atoms with Gasteiger partial charge in [0.2, 0.25) is 5.91 Å². The largest absolute Gasteiger partial charge is 0.482 e. The number of rotatable bonds is 10. The predicted molar refractivity (Wildman–Crippen MR) is 152 cm³/mol. The highest BCUT2D eigenvalue weighted by Gasteiger charge is 2.27. The van der Waals surface area contributed by atoms with Crippen LogP contribution < -0.4 is 10.1 Å². The zero-order chi connectivity index (χ0) is 27.2. The zero-order valence-corrected chi connectivity index (χ0v) is 24.4. The van der Waals surface area contributed by atoms with Gasteiger partial charge in [0.15, 0.2) is 17.1 Å². The van der Waals surface area contributed by atoms with Crippen molar-refractivity contribution in [1.82, 2.24) is 14.8 Å². The maximum Gasteiger partial charge on any atom is 0.341 e. The number of aryl methyl sites for hydroxylation is 2. The molecular weight excluding hydrogens is 520 g/mol. The van der Waals surface area contributed by atoms with Gasteiger partial charge in [-0.1, -0.05) is 30.3 Å². The molecule has 0 saturated carbocycles. The minimum absolute atomic E-state index is 0.148. The topological polar surface area (TPSA) is 95.3 Å². The molecule has 2 heterocycles. The summed E-state index contributed by atoms with van der Waals surface area (Å²) < 4.78 is 13.5. The Balaban J connectivity index is 1.45. The number of esters is 1. The first kappa shape index (κ1) is 28.2. The lowest BCUT2D eigenvalue weighted by Crippen LogP contribution is -2.17. The van der Waals surface area contributed by atoms with E-state index in [4.69, 9.17) is 9.47 Å². The van der Waals surface area contributed by atoms with E-state index in [-0.39, 0.29) is 23.7 Å². The Kier molecular flexibility index (Phi) is 9.49. The summed E-state index contributed by atoms with van der Waals surface area (Å²) in [5, 5.41) is 13.0. The van der Waals surface area contributed by atoms with Crippen LogP contribution in [-0.4, -0.2) is 39.0 Å². The molecule has 10 heteroatoms. The molecule has 38 heavy (non-hydrogen) atoms. The Bertz CT molecular complexity index is 1300. The molecule has 0 spiro atoms. The van der Waals surface area contributed by atoms with E-state index in [0.717, 1.165) is 49.0 Å². The average molecular weight is 557 g/mol. The van der Waals surface area contributed by atoms with Crippen molar-refractivity contribution in [3.63, 3.8) is 0 Å². The van der Waals surface area contributed by atoms with Crippen LogP contribution in [-0.2, 0) is 28.9 Å². The first-order chi connectivity index (χ1) is 18.3. The number of benzene rings is 1. The summed E-state index contributed by atoms with van der Waals surface area (Å²) in [6.45, 7) is 10.8. The number of nitrogens with zero attached hydrogens (tertiary/aromatic N) is 3. The standard InChI is InChI=1S/C28H36N4O4S2/c1-6-32-25(19(5)36-21-14-11-12-17(3)18(21)4)30-31-28(32)37-16-23(33)29-26-24(27(34)35-7-2)20-13-9-8-10-15-22(20)38-26/h11-12,14,19H,6-10,13,15-16H2,1-5H3,(H,29,33). The van der Waals surface area contributed by atoms with Crippen LogP contribution in [0.25, 0.3) is 0 Å². The smallest absolute Gasteiger partial charge is 0.341 e. The van der Waals surface area contributed by atoms with Gasteiger partial charge in [-0.25, -0.2) is 4.79 Å². The second kappa shape index (κ2) is 12.8. The van der Waals surface area contributed by atoms with Gasteiger partial charge in [-0.15, -0.1) is 21.5 Å². The molecule has 1 aliphatic carbocycles. The summed E-state index contributed by atoms with van der Waals surface area (Å²) in [7, 11) is 0. The molecule has 1 aliphatic rings. The molecule has 1 atom stereocenters. The van der Waals surface area contributed by atoms with Gasteiger partial charge in [0, 0.05) is 11.4 Å². The molecule has 1 N–H and O–H groups in total. The molecule has 0 saturated heterocycles. The van der Waals surface area contributed by atoms with Crippen molar-refractivity contribution >= 4 is 40.0 Å². The number of hydrogen-bond donors (Lipinski definition) is 1. The third-order valence-corrected chi connectivity index (χ3v) is 8.94. The molecule has 8 nitrogen and oxygen atoms in total. The van der Waals surface area contributed by atoms with Crippen molar-refractivity contribution in [2.75, 3.05) is 17.7 Å². The second-order valence-corrected chi connectivity index (χ2v) is 11.4. The van der Waals surface area contributed by atoms with Crippen LogP contribution in [0, 0.1) is 13.8 Å². The van der Waals surface area contributed by atoms with E-state index < -0.39 is 0 Å². The highest BCUT2D eigenvalue weighted by atomic mass is 32.2. The molecule has 1 unspecified atom stereocenters. The number of carbonyl (C=O) groups excluding carboxylic acids is 2. The number of amides is 1. The van der Waals surface area contributed by atoms with Gasteiger partial charge >= 0.3 is 5.97 Å². The number of thiophene rings is 1. The van der Waals surface area contributed by atoms with Crippen molar-refractivity contribution in [3.8, 4) is 5.75 Å². The molecule has 0 aliphatic heterocycles. The van der Waals surface area contributed by atoms with Crippen LogP contribution in [0.15, 0.2) is 23.4 Å². The summed E-state index contributed by atoms with van der Waals surface area (Å²) in [4.78, 5) is 27.0. The molecule has 1 amide bonds. The minimum atomic E-state index is -0.358. The van der Waals surface area contributed by atoms with Crippen LogP contribution in [0.4, 0.5) is 5.00 Å². The van der Waals surface area contributed by atoms with Crippen LogP contribution in [0.3, 0.4) is 0 Å². The molecule has 0 radical (unpaired) electrons. The molecule has 4 rings (SSSR count). The molecule has 0 bridgehead atoms. The van der Waals surface area contributed by atoms with Crippen LogP contribution in [0.2, 0.25) is 0 Å². The number of anilines is 1. The van der Waals surface area contributed by atoms with Crippen LogP contribution >= 0.6 is 23.1 Å². The van der Waals surface area contributed by atoms with Gasteiger partial charge in [-0.3, -0.25) is 4.79 Å². The van der Waals surface area contributed by atoms with E-state index >= 15 is 0 Å². The molecule has 2 aromatic heterocycles. The Hall–Kier alpha value is -2.85. The summed E-state index contributed by atoms with van der Waals surface area (Å²) in [6, 6.07) is 6.00. The average Bonchev–Trinajstić information content (AvgIpc) is 3.38. The number of fused-ring (bicyclic) bond motifs is 1. The van der Waals surface area contributed by atoms with E-state index in [9.17, 15) is 9.59 Å². The monoisotopic (exact) mass is 556 g/mol. The SMILES string of the molecule is CCOC(=O)c1c(NC(=O)CSc2nnc(C(C)Oc3cccc(C)c3C)n2CC)sc2c1CCCCC2. The van der Waals surface area contributed by atoms with Gasteiger partial charge in [0.1, 0.15) is 10.8 Å². The highest BCUT2D eigenvalue weighted by Crippen LogP contribution is 2.38. The second-order valence-electron chi connectivity index (χ2n) is 9.37. The molecular formula is C28H36N4O4S2. The zero-order valence-electron chi connectivity index (χ0n) is 22.8. The fourth-order valence-corrected chi connectivity index (χ4v) is 6.75. The lowest BCUT2D eigenvalue weighted by Gasteiger charge is -2.17. The Labute approximate surface area is 232 Å². The maximum absolute atomic E-state index is 13.0. The Morgan fingerprint density at radius 1 is 1.16 bits per heavy atom. The first-order valence-electron chi connectivity index (χ1n) is 13.2. The Morgan fingerprint density at radius 2 is 1.95 bits per heavy atom. The molecule has 0 fully saturated rings. The fraction of sp³-hybridized carbons (Fsp3) is 0.500. The van der Waals surface area contributed by atoms with Crippen LogP contribution in [0.1, 0.15) is 83.9 Å². The summed E-state index contributed by atoms with van der Waals surface area (Å²) in [5.41, 5.74) is 3.84. The number of hydrogen-bond acceptors (Lipinski definition) is 8. The molecule has 1 aromatic carbocycles. The van der Waals surface area contributed by atoms with E-state index in [2.05, 4.69) is 28.5 Å². The fourth-order valence-electron chi connectivity index (χ4n) is 4.64. The van der Waals surface area contributed by atoms with Crippen molar-refractivity contribution in [3.05, 3.63) is 51.2 Å². The third-order valence-electron chi connectivity index (χ3n) is 6.77. The summed E-state index contributed by atoms with van der Waals surface area (Å²) in [5.74, 6) is 1.13. The van der Waals surface area contributed by atoms with E-state index in [1.165, 1.54) is 33.5 Å². The number of ether oxygens (including phenoxy) is 2. The van der Waals surface area contributed by atoms with Gasteiger partial charge < -0.3 is 19.4 Å². The van der Waals surface area contributed by atoms with Crippen molar-refractivity contribution < 1.29 is 19.1 Å². The summed E-state index contributed by atoms with van der Waals surface area (Å²) in [6.07, 6.45) is 4.76. The molecule has 204 valence electrons. The predicted octanol–water partition coefficient (Wildman–Crippen LogP) is 6.29. The van der Waals surface area contributed by atoms with Gasteiger partial charge in [0.25, 0.3) is 0 Å². The molecule has 3 aromatic rings. The number of nitrogens with one attached hydrogen (secondary N) is 1. The summed E-state index contributed by atoms with van der Waals surface area (Å²) >= 11 is 2.83. The lowest BCUT2D eigenvalue weighted by molar-refractivity contribution is -0.113. The van der Waals surface area contributed by atoms with Crippen molar-refractivity contribution in [2.45, 2.75) is 84.5 Å². The van der Waals surface area contributed by atoms with Crippen molar-refractivity contribution in [2.24, 2.45) is 0 Å². The van der Waals surface area contributed by atoms with Crippen molar-refractivity contribution in [1.29, 1.82) is 0 Å². The highest BCUT2D eigenvalue weighted by molar-refractivity contribution is 7.99. The third kappa shape index (κ3) is 6.23. The number of aromatic nitrogens is 3. The normalized spacial score (nSPS) is 13.9. The van der Waals surface area contributed by atoms with E-state index in [0.29, 0.717) is 34.7 Å². The maximum atomic E-state index is 13.0. The van der Waals surface area contributed by atoms with Gasteiger partial charge in [-0.05, 0) is 83.1 Å². The van der Waals surface area contributed by atoms with Gasteiger partial charge in [0.05, 0.1) is 17.9 Å². The van der Waals surface area contributed by atoms with Crippen LogP contribution in [0.5, 0.6) is 5.75 Å². The number of thioether (sulfide) groups is 1. The Morgan fingerprint density at radius 3 is 2.71 bits per heavy atom. The minimum Gasteiger partial charge on any atom is -0.482 e. The van der Waals surface area contributed by atoms with Gasteiger partial charge in [-0.2, -0.15) is 0 Å². The lowest BCUT2D eigenvalue weighted by atomic mass is 10.1. The quantitative estimate of drug-likeness (QED) is 0.178. The number of carbonyl (C=O) groups is 2.